The lowest BCUT2D eigenvalue weighted by Gasteiger charge is -2.37. The summed E-state index contributed by atoms with van der Waals surface area (Å²) in [6, 6.07) is -0.380. The highest BCUT2D eigenvalue weighted by Crippen LogP contribution is 2.37. The topological polar surface area (TPSA) is 76.5 Å². The molecule has 0 amide bonds. The van der Waals surface area contributed by atoms with Crippen LogP contribution >= 0.6 is 0 Å². The fourth-order valence-corrected chi connectivity index (χ4v) is 2.98. The average molecular weight is 297 g/mol. The molecule has 2 heterocycles. The lowest BCUT2D eigenvalue weighted by atomic mass is 10.1. The molecule has 2 aliphatic heterocycles. The Morgan fingerprint density at radius 3 is 2.60 bits per heavy atom. The van der Waals surface area contributed by atoms with Crippen LogP contribution in [0.25, 0.3) is 10.4 Å². The predicted octanol–water partition coefficient (Wildman–Crippen LogP) is 3.37. The molecule has 6 nitrogen and oxygen atoms in total. The normalized spacial score (nSPS) is 33.0. The maximum Gasteiger partial charge on any atom is 0.192 e. The van der Waals surface area contributed by atoms with E-state index in [-0.39, 0.29) is 23.3 Å². The van der Waals surface area contributed by atoms with E-state index in [2.05, 4.69) is 43.9 Å². The van der Waals surface area contributed by atoms with Crippen molar-refractivity contribution in [2.24, 2.45) is 5.11 Å². The number of azide groups is 1. The second-order valence-corrected chi connectivity index (χ2v) is 11.6. The average Bonchev–Trinajstić information content (AvgIpc) is 2.67. The molecule has 7 heteroatoms. The van der Waals surface area contributed by atoms with Crippen LogP contribution in [-0.2, 0) is 13.9 Å². The van der Waals surface area contributed by atoms with Crippen LogP contribution in [0.2, 0.25) is 18.1 Å². The van der Waals surface area contributed by atoms with Crippen LogP contribution in [0.4, 0.5) is 0 Å². The van der Waals surface area contributed by atoms with E-state index in [1.54, 1.807) is 0 Å². The van der Waals surface area contributed by atoms with Gasteiger partial charge < -0.3 is 13.9 Å². The third-order valence-corrected chi connectivity index (χ3v) is 8.84. The summed E-state index contributed by atoms with van der Waals surface area (Å²) in [4.78, 5) is 2.81. The first kappa shape index (κ1) is 15.5. The Bertz CT molecular complexity index is 441. The standard InChI is InChI=1S/C13H23N3O3Si/c1-13(2,3)20(4,5)17-8-11-10-7-6-9(15-16-14)12(18-10)19-11/h6-7,9-12H,8H2,1-5H3/t9-,10+,11+,12+/m1/s1. The molecule has 2 bridgehead atoms. The third kappa shape index (κ3) is 3.07. The Morgan fingerprint density at radius 2 is 2.00 bits per heavy atom. The SMILES string of the molecule is CC(C)(C)[Si](C)(C)OC[C@@H]1O[C@@H]2O[C@H]1C=C[C@H]2N=[N+]=[N-]. The minimum absolute atomic E-state index is 0.102. The second-order valence-electron chi connectivity index (χ2n) is 6.80. The van der Waals surface area contributed by atoms with E-state index in [4.69, 9.17) is 19.4 Å². The largest absolute Gasteiger partial charge is 0.414 e. The number of fused-ring (bicyclic) bond motifs is 2. The molecule has 1 fully saturated rings. The Labute approximate surface area is 120 Å². The van der Waals surface area contributed by atoms with Crippen molar-refractivity contribution in [3.05, 3.63) is 22.6 Å². The molecule has 0 radical (unpaired) electrons. The minimum Gasteiger partial charge on any atom is -0.414 e. The molecule has 2 rings (SSSR count). The number of hydrogen-bond acceptors (Lipinski definition) is 4. The van der Waals surface area contributed by atoms with E-state index in [1.807, 2.05) is 12.2 Å². The van der Waals surface area contributed by atoms with Gasteiger partial charge in [0, 0.05) is 4.91 Å². The van der Waals surface area contributed by atoms with Gasteiger partial charge >= 0.3 is 0 Å². The molecule has 0 saturated carbocycles. The van der Waals surface area contributed by atoms with Crippen LogP contribution in [0, 0.1) is 0 Å². The highest BCUT2D eigenvalue weighted by molar-refractivity contribution is 6.74. The molecule has 0 aromatic carbocycles. The molecule has 0 aromatic rings. The molecule has 0 spiro atoms. The molecule has 0 unspecified atom stereocenters. The first-order chi connectivity index (χ1) is 9.24. The fraction of sp³-hybridized carbons (Fsp3) is 0.846. The Kier molecular flexibility index (Phi) is 4.27. The van der Waals surface area contributed by atoms with Crippen molar-refractivity contribution in [2.45, 2.75) is 63.4 Å². The third-order valence-electron chi connectivity index (χ3n) is 4.34. The molecule has 4 atom stereocenters. The van der Waals surface area contributed by atoms with Gasteiger partial charge in [-0.15, -0.1) is 0 Å². The van der Waals surface area contributed by atoms with Gasteiger partial charge in [-0.2, -0.15) is 0 Å². The quantitative estimate of drug-likeness (QED) is 0.262. The summed E-state index contributed by atoms with van der Waals surface area (Å²) in [5, 5.41) is 3.83. The summed E-state index contributed by atoms with van der Waals surface area (Å²) in [7, 11) is -1.79. The van der Waals surface area contributed by atoms with Gasteiger partial charge in [0.2, 0.25) is 0 Å². The molecular weight excluding hydrogens is 274 g/mol. The van der Waals surface area contributed by atoms with E-state index in [9.17, 15) is 0 Å². The van der Waals surface area contributed by atoms with Crippen LogP contribution in [0.1, 0.15) is 20.8 Å². The van der Waals surface area contributed by atoms with Crippen molar-refractivity contribution in [1.82, 2.24) is 0 Å². The molecule has 0 N–H and O–H groups in total. The van der Waals surface area contributed by atoms with Gasteiger partial charge in [0.25, 0.3) is 0 Å². The fourth-order valence-electron chi connectivity index (χ4n) is 1.96. The zero-order valence-corrected chi connectivity index (χ0v) is 13.7. The van der Waals surface area contributed by atoms with Crippen molar-refractivity contribution in [2.75, 3.05) is 6.61 Å². The molecule has 112 valence electrons. The first-order valence-corrected chi connectivity index (χ1v) is 9.83. The summed E-state index contributed by atoms with van der Waals surface area (Å²) < 4.78 is 17.7. The van der Waals surface area contributed by atoms with Gasteiger partial charge in [-0.1, -0.05) is 38.0 Å². The van der Waals surface area contributed by atoms with Gasteiger partial charge in [0.1, 0.15) is 18.2 Å². The minimum atomic E-state index is -1.79. The van der Waals surface area contributed by atoms with Crippen LogP contribution in [0.15, 0.2) is 17.3 Å². The lowest BCUT2D eigenvalue weighted by Crippen LogP contribution is -2.43. The molecule has 20 heavy (non-hydrogen) atoms. The van der Waals surface area contributed by atoms with Gasteiger partial charge in [0.05, 0.1) is 6.61 Å². The summed E-state index contributed by atoms with van der Waals surface area (Å²) >= 11 is 0. The number of ether oxygens (including phenoxy) is 2. The van der Waals surface area contributed by atoms with Gasteiger partial charge in [-0.05, 0) is 23.7 Å². The zero-order valence-electron chi connectivity index (χ0n) is 12.7. The van der Waals surface area contributed by atoms with Crippen molar-refractivity contribution in [3.63, 3.8) is 0 Å². The van der Waals surface area contributed by atoms with E-state index in [0.717, 1.165) is 0 Å². The monoisotopic (exact) mass is 297 g/mol. The zero-order chi connectivity index (χ0) is 15.0. The van der Waals surface area contributed by atoms with Gasteiger partial charge in [-0.3, -0.25) is 0 Å². The lowest BCUT2D eigenvalue weighted by molar-refractivity contribution is -0.0766. The molecule has 0 aromatic heterocycles. The van der Waals surface area contributed by atoms with Crippen LogP contribution in [-0.4, -0.2) is 39.5 Å². The highest BCUT2D eigenvalue weighted by Gasteiger charge is 2.43. The Balaban J connectivity index is 1.95. The van der Waals surface area contributed by atoms with E-state index in [1.165, 1.54) is 0 Å². The van der Waals surface area contributed by atoms with Crippen LogP contribution in [0.3, 0.4) is 0 Å². The van der Waals surface area contributed by atoms with Crippen molar-refractivity contribution in [1.29, 1.82) is 0 Å². The Morgan fingerprint density at radius 1 is 1.30 bits per heavy atom. The van der Waals surface area contributed by atoms with E-state index in [0.29, 0.717) is 6.61 Å². The second kappa shape index (κ2) is 5.50. The number of rotatable bonds is 4. The van der Waals surface area contributed by atoms with Crippen molar-refractivity contribution >= 4 is 8.32 Å². The molecule has 1 saturated heterocycles. The van der Waals surface area contributed by atoms with E-state index < -0.39 is 14.6 Å². The summed E-state index contributed by atoms with van der Waals surface area (Å²) in [5.41, 5.74) is 8.51. The van der Waals surface area contributed by atoms with Gasteiger partial charge in [-0.25, -0.2) is 0 Å². The first-order valence-electron chi connectivity index (χ1n) is 6.92. The maximum absolute atomic E-state index is 8.51. The number of nitrogens with zero attached hydrogens (tertiary/aromatic N) is 3. The van der Waals surface area contributed by atoms with Gasteiger partial charge in [0.15, 0.2) is 14.6 Å². The van der Waals surface area contributed by atoms with E-state index >= 15 is 0 Å². The highest BCUT2D eigenvalue weighted by atomic mass is 28.4. The molecule has 0 aliphatic carbocycles. The van der Waals surface area contributed by atoms with Crippen molar-refractivity contribution < 1.29 is 13.9 Å². The summed E-state index contributed by atoms with van der Waals surface area (Å²) in [5.74, 6) is 0. The molecule has 2 aliphatic rings. The Hall–Kier alpha value is -0.853. The number of hydrogen-bond donors (Lipinski definition) is 0. The molecular formula is C13H23N3O3Si. The van der Waals surface area contributed by atoms with Crippen LogP contribution < -0.4 is 0 Å². The van der Waals surface area contributed by atoms with Crippen molar-refractivity contribution in [3.8, 4) is 0 Å². The summed E-state index contributed by atoms with van der Waals surface area (Å²) in [6.07, 6.45) is 3.06. The van der Waals surface area contributed by atoms with Crippen LogP contribution in [0.5, 0.6) is 0 Å². The predicted molar refractivity (Wildman–Crippen MR) is 78.8 cm³/mol. The summed E-state index contributed by atoms with van der Waals surface area (Å²) in [6.45, 7) is 11.6. The smallest absolute Gasteiger partial charge is 0.192 e. The maximum atomic E-state index is 8.51.